The van der Waals surface area contributed by atoms with E-state index in [2.05, 4.69) is 27.4 Å². The number of likely N-dealkylation sites (tertiary alicyclic amines) is 1. The van der Waals surface area contributed by atoms with Crippen LogP contribution in [0, 0.1) is 17.7 Å². The van der Waals surface area contributed by atoms with Gasteiger partial charge in [-0.25, -0.2) is 21.6 Å². The second kappa shape index (κ2) is 13.8. The number of hydrogen-bond donors (Lipinski definition) is 2. The molecule has 4 rings (SSSR count). The molecule has 1 aliphatic heterocycles. The fraction of sp³-hybridized carbons (Fsp3) is 0.448. The first kappa shape index (κ1) is 31.0. The van der Waals surface area contributed by atoms with Gasteiger partial charge in [0.25, 0.3) is 0 Å². The summed E-state index contributed by atoms with van der Waals surface area (Å²) in [5.41, 5.74) is 1.65. The number of methoxy groups -OCH3 is 2. The molecule has 1 aromatic heterocycles. The molecular weight excluding hydrogens is 575 g/mol. The van der Waals surface area contributed by atoms with Gasteiger partial charge in [-0.3, -0.25) is 0 Å². The average Bonchev–Trinajstić information content (AvgIpc) is 3.27. The number of ether oxygens (including phenoxy) is 2. The number of nitrogens with one attached hydrogen (secondary N) is 2. The Balaban J connectivity index is 1.53. The Morgan fingerprint density at radius 2 is 1.93 bits per heavy atom. The van der Waals surface area contributed by atoms with E-state index in [1.165, 1.54) is 18.4 Å². The third kappa shape index (κ3) is 7.86. The fourth-order valence-electron chi connectivity index (χ4n) is 4.87. The van der Waals surface area contributed by atoms with Crippen LogP contribution in [-0.4, -0.2) is 79.0 Å². The Bertz CT molecular complexity index is 1530. The number of sulfone groups is 1. The van der Waals surface area contributed by atoms with Crippen LogP contribution in [0.25, 0.3) is 10.1 Å². The van der Waals surface area contributed by atoms with Crippen molar-refractivity contribution in [1.82, 2.24) is 4.90 Å². The lowest BCUT2D eigenvalue weighted by atomic mass is 10.0. The van der Waals surface area contributed by atoms with Crippen LogP contribution in [0.5, 0.6) is 5.75 Å². The summed E-state index contributed by atoms with van der Waals surface area (Å²) in [5.74, 6) is 5.19. The maximum Gasteiger partial charge on any atom is 0.242 e. The monoisotopic (exact) mass is 609 g/mol. The van der Waals surface area contributed by atoms with Crippen LogP contribution >= 0.6 is 11.3 Å². The van der Waals surface area contributed by atoms with Crippen molar-refractivity contribution in [2.24, 2.45) is 0 Å². The molecule has 7 nitrogen and oxygen atoms in total. The second-order valence-corrected chi connectivity index (χ2v) is 12.9. The van der Waals surface area contributed by atoms with Gasteiger partial charge >= 0.3 is 0 Å². The number of alkyl halides is 2. The number of piperidine rings is 1. The van der Waals surface area contributed by atoms with Crippen LogP contribution in [-0.2, 0) is 21.0 Å². The summed E-state index contributed by atoms with van der Waals surface area (Å²) in [4.78, 5) is 2.46. The summed E-state index contributed by atoms with van der Waals surface area (Å²) in [6.07, 6.45) is -0.0733. The molecule has 0 aliphatic carbocycles. The van der Waals surface area contributed by atoms with Gasteiger partial charge in [0, 0.05) is 57.6 Å². The van der Waals surface area contributed by atoms with Crippen molar-refractivity contribution in [3.63, 3.8) is 0 Å². The highest BCUT2D eigenvalue weighted by Gasteiger charge is 2.22. The van der Waals surface area contributed by atoms with Gasteiger partial charge in [0.1, 0.15) is 16.5 Å². The number of thiophene rings is 1. The topological polar surface area (TPSA) is 79.9 Å². The number of hydrogen-bond acceptors (Lipinski definition) is 8. The number of halogens is 3. The SMILES string of the molecule is COCCN1CCC(Nc2cccc3c(CC(F)F)c(C#CCNc4cc(F)c(S(C)(=O)=O)cc4OC)sc23)CC1. The number of benzene rings is 2. The molecule has 12 heteroatoms. The Morgan fingerprint density at radius 1 is 1.17 bits per heavy atom. The molecule has 2 N–H and O–H groups in total. The summed E-state index contributed by atoms with van der Waals surface area (Å²) in [6, 6.07) is 8.14. The van der Waals surface area contributed by atoms with Gasteiger partial charge in [0.2, 0.25) is 6.43 Å². The Morgan fingerprint density at radius 3 is 2.59 bits per heavy atom. The Kier molecular flexibility index (Phi) is 10.4. The van der Waals surface area contributed by atoms with E-state index < -0.39 is 33.4 Å². The molecule has 0 atom stereocenters. The maximum absolute atomic E-state index is 14.4. The van der Waals surface area contributed by atoms with E-state index in [4.69, 9.17) is 9.47 Å². The summed E-state index contributed by atoms with van der Waals surface area (Å²) in [5, 5.41) is 7.32. The third-order valence-electron chi connectivity index (χ3n) is 6.96. The van der Waals surface area contributed by atoms with Gasteiger partial charge in [0.15, 0.2) is 9.84 Å². The molecule has 1 saturated heterocycles. The van der Waals surface area contributed by atoms with Crippen LogP contribution in [0.4, 0.5) is 24.5 Å². The van der Waals surface area contributed by atoms with Crippen molar-refractivity contribution >= 4 is 42.6 Å². The van der Waals surface area contributed by atoms with E-state index in [0.29, 0.717) is 17.0 Å². The molecule has 1 aliphatic rings. The minimum Gasteiger partial charge on any atom is -0.495 e. The summed E-state index contributed by atoms with van der Waals surface area (Å²) in [7, 11) is -0.724. The molecule has 0 bridgehead atoms. The molecule has 41 heavy (non-hydrogen) atoms. The highest BCUT2D eigenvalue weighted by molar-refractivity contribution is 7.90. The molecule has 3 aromatic rings. The molecule has 222 valence electrons. The van der Waals surface area contributed by atoms with E-state index in [1.54, 1.807) is 7.11 Å². The quantitative estimate of drug-likeness (QED) is 0.288. The Labute approximate surface area is 242 Å². The smallest absolute Gasteiger partial charge is 0.242 e. The van der Waals surface area contributed by atoms with Crippen LogP contribution < -0.4 is 15.4 Å². The van der Waals surface area contributed by atoms with Gasteiger partial charge in [-0.1, -0.05) is 24.0 Å². The van der Waals surface area contributed by atoms with E-state index in [1.807, 2.05) is 18.2 Å². The van der Waals surface area contributed by atoms with Crippen molar-refractivity contribution in [2.75, 3.05) is 63.9 Å². The lowest BCUT2D eigenvalue weighted by Crippen LogP contribution is -2.40. The van der Waals surface area contributed by atoms with Gasteiger partial charge in [-0.2, -0.15) is 0 Å². The first-order valence-electron chi connectivity index (χ1n) is 13.2. The van der Waals surface area contributed by atoms with Gasteiger partial charge in [-0.15, -0.1) is 11.3 Å². The highest BCUT2D eigenvalue weighted by Crippen LogP contribution is 2.38. The number of nitrogens with zero attached hydrogens (tertiary/aromatic N) is 1. The standard InChI is InChI=1S/C29H34F3N3O4S2/c1-38-15-14-35-12-9-19(10-13-35)34-23-7-4-6-20-21(16-28(31)32)26(40-29(20)23)8-5-11-33-24-17-22(30)27(41(3,36)37)18-25(24)39-2/h4,6-7,17-19,28,33-34H,9-16H2,1-3H3. The minimum absolute atomic E-state index is 0.0587. The predicted octanol–water partition coefficient (Wildman–Crippen LogP) is 5.25. The molecule has 2 aromatic carbocycles. The molecular formula is C29H34F3N3O4S2. The average molecular weight is 610 g/mol. The van der Waals surface area contributed by atoms with Crippen molar-refractivity contribution < 1.29 is 31.1 Å². The molecule has 0 unspecified atom stereocenters. The minimum atomic E-state index is -3.77. The lowest BCUT2D eigenvalue weighted by Gasteiger charge is -2.32. The molecule has 0 saturated carbocycles. The first-order chi connectivity index (χ1) is 19.6. The molecule has 2 heterocycles. The van der Waals surface area contributed by atoms with Crippen molar-refractivity contribution in [1.29, 1.82) is 0 Å². The summed E-state index contributed by atoms with van der Waals surface area (Å²) < 4.78 is 76.5. The normalized spacial score (nSPS) is 14.7. The number of rotatable bonds is 11. The van der Waals surface area contributed by atoms with E-state index in [9.17, 15) is 21.6 Å². The summed E-state index contributed by atoms with van der Waals surface area (Å²) >= 11 is 1.38. The second-order valence-electron chi connectivity index (χ2n) is 9.85. The van der Waals surface area contributed by atoms with Crippen LogP contribution in [0.3, 0.4) is 0 Å². The number of anilines is 2. The lowest BCUT2D eigenvalue weighted by molar-refractivity contribution is 0.132. The first-order valence-corrected chi connectivity index (χ1v) is 15.9. The largest absolute Gasteiger partial charge is 0.495 e. The number of fused-ring (bicyclic) bond motifs is 1. The van der Waals surface area contributed by atoms with Crippen molar-refractivity contribution in [3.8, 4) is 17.6 Å². The van der Waals surface area contributed by atoms with Crippen LogP contribution in [0.1, 0.15) is 23.3 Å². The molecule has 0 radical (unpaired) electrons. The van der Waals surface area contributed by atoms with Crippen LogP contribution in [0.15, 0.2) is 35.2 Å². The zero-order valence-electron chi connectivity index (χ0n) is 23.2. The summed E-state index contributed by atoms with van der Waals surface area (Å²) in [6.45, 7) is 3.61. The van der Waals surface area contributed by atoms with Gasteiger partial charge in [0.05, 0.1) is 41.2 Å². The van der Waals surface area contributed by atoms with Crippen LogP contribution in [0.2, 0.25) is 0 Å². The van der Waals surface area contributed by atoms with Gasteiger partial charge < -0.3 is 25.0 Å². The fourth-order valence-corrected chi connectivity index (χ4v) is 6.79. The van der Waals surface area contributed by atoms with E-state index >= 15 is 0 Å². The maximum atomic E-state index is 14.4. The highest BCUT2D eigenvalue weighted by atomic mass is 32.2. The van der Waals surface area contributed by atoms with Crippen molar-refractivity contribution in [3.05, 3.63) is 46.6 Å². The van der Waals surface area contributed by atoms with Crippen molar-refractivity contribution in [2.45, 2.75) is 36.6 Å². The molecule has 1 fully saturated rings. The molecule has 0 spiro atoms. The predicted molar refractivity (Wildman–Crippen MR) is 158 cm³/mol. The zero-order chi connectivity index (χ0) is 29.6. The molecule has 0 amide bonds. The van der Waals surface area contributed by atoms with Gasteiger partial charge in [-0.05, 0) is 29.9 Å². The van der Waals surface area contributed by atoms with E-state index in [0.717, 1.165) is 66.6 Å². The van der Waals surface area contributed by atoms with E-state index in [-0.39, 0.29) is 24.0 Å². The zero-order valence-corrected chi connectivity index (χ0v) is 24.9. The third-order valence-corrected chi connectivity index (χ3v) is 9.27. The Hall–Kier alpha value is -2.98.